The molecule has 0 bridgehead atoms. The van der Waals surface area contributed by atoms with Crippen LogP contribution < -0.4 is 20.3 Å². The minimum absolute atomic E-state index is 0.0283. The summed E-state index contributed by atoms with van der Waals surface area (Å²) in [5, 5.41) is 6.17. The molecule has 36 heavy (non-hydrogen) atoms. The van der Waals surface area contributed by atoms with Gasteiger partial charge in [0.15, 0.2) is 0 Å². The zero-order valence-electron chi connectivity index (χ0n) is 21.9. The highest BCUT2D eigenvalue weighted by Gasteiger charge is 2.44. The highest BCUT2D eigenvalue weighted by molar-refractivity contribution is 5.83. The van der Waals surface area contributed by atoms with E-state index in [1.807, 2.05) is 38.4 Å². The number of benzene rings is 2. The van der Waals surface area contributed by atoms with Gasteiger partial charge in [0.05, 0.1) is 7.11 Å². The van der Waals surface area contributed by atoms with Crippen LogP contribution in [0.15, 0.2) is 48.5 Å². The number of hydrogen-bond donors (Lipinski definition) is 2. The summed E-state index contributed by atoms with van der Waals surface area (Å²) in [6.45, 7) is 2.71. The number of ether oxygens (including phenoxy) is 1. The second-order valence-electron chi connectivity index (χ2n) is 10.1. The molecule has 8 heteroatoms. The molecule has 2 aromatic rings. The average molecular weight is 494 g/mol. The van der Waals surface area contributed by atoms with Crippen molar-refractivity contribution in [1.82, 2.24) is 20.4 Å². The molecule has 2 amide bonds. The van der Waals surface area contributed by atoms with Gasteiger partial charge in [0.2, 0.25) is 11.8 Å². The van der Waals surface area contributed by atoms with Crippen LogP contribution in [-0.4, -0.2) is 81.1 Å². The van der Waals surface area contributed by atoms with Gasteiger partial charge in [0, 0.05) is 64.5 Å². The number of likely N-dealkylation sites (tertiary alicyclic amines) is 1. The monoisotopic (exact) mass is 493 g/mol. The molecular formula is C28H39N5O3. The number of carbonyl (C=O) groups excluding carboxylic acids is 2. The average Bonchev–Trinajstić information content (AvgIpc) is 3.26. The smallest absolute Gasteiger partial charge is 0.239 e. The van der Waals surface area contributed by atoms with Gasteiger partial charge in [-0.15, -0.1) is 0 Å². The molecule has 3 atom stereocenters. The third-order valence-electron chi connectivity index (χ3n) is 7.54. The minimum atomic E-state index is -0.169. The Labute approximate surface area is 214 Å². The third kappa shape index (κ3) is 6.17. The van der Waals surface area contributed by atoms with Crippen LogP contribution in [0.5, 0.6) is 5.75 Å². The fourth-order valence-electron chi connectivity index (χ4n) is 5.29. The molecule has 2 fully saturated rings. The first-order chi connectivity index (χ1) is 17.4. The Bertz CT molecular complexity index is 1020. The van der Waals surface area contributed by atoms with Crippen LogP contribution >= 0.6 is 0 Å². The molecule has 2 aliphatic heterocycles. The van der Waals surface area contributed by atoms with Crippen LogP contribution in [0.3, 0.4) is 0 Å². The van der Waals surface area contributed by atoms with Gasteiger partial charge in [-0.2, -0.15) is 0 Å². The molecule has 2 saturated heterocycles. The maximum Gasteiger partial charge on any atom is 0.239 e. The van der Waals surface area contributed by atoms with Crippen molar-refractivity contribution in [2.45, 2.75) is 50.5 Å². The lowest BCUT2D eigenvalue weighted by Gasteiger charge is -2.33. The van der Waals surface area contributed by atoms with Crippen molar-refractivity contribution in [2.24, 2.45) is 0 Å². The summed E-state index contributed by atoms with van der Waals surface area (Å²) in [7, 11) is 7.81. The van der Waals surface area contributed by atoms with E-state index in [2.05, 4.69) is 56.6 Å². The molecule has 0 aliphatic carbocycles. The van der Waals surface area contributed by atoms with Gasteiger partial charge >= 0.3 is 0 Å². The Hall–Kier alpha value is -3.10. The number of fused-ring (bicyclic) bond motifs is 1. The number of hydrogen-bond acceptors (Lipinski definition) is 6. The lowest BCUT2D eigenvalue weighted by molar-refractivity contribution is -0.126. The number of carbonyl (C=O) groups is 2. The first-order valence-corrected chi connectivity index (χ1v) is 12.8. The Morgan fingerprint density at radius 1 is 1.11 bits per heavy atom. The van der Waals surface area contributed by atoms with E-state index in [9.17, 15) is 9.59 Å². The molecule has 0 aromatic heterocycles. The summed E-state index contributed by atoms with van der Waals surface area (Å²) in [6, 6.07) is 16.4. The van der Waals surface area contributed by atoms with Gasteiger partial charge in [0.1, 0.15) is 11.8 Å². The second-order valence-corrected chi connectivity index (χ2v) is 10.1. The molecular weight excluding hydrogens is 454 g/mol. The highest BCUT2D eigenvalue weighted by atomic mass is 16.5. The van der Waals surface area contributed by atoms with E-state index >= 15 is 0 Å². The van der Waals surface area contributed by atoms with Crippen molar-refractivity contribution in [1.29, 1.82) is 0 Å². The molecule has 2 aliphatic rings. The molecule has 0 saturated carbocycles. The summed E-state index contributed by atoms with van der Waals surface area (Å²) in [4.78, 5) is 32.3. The van der Waals surface area contributed by atoms with Crippen LogP contribution in [0.2, 0.25) is 0 Å². The van der Waals surface area contributed by atoms with Crippen molar-refractivity contribution < 1.29 is 14.3 Å². The summed E-state index contributed by atoms with van der Waals surface area (Å²) < 4.78 is 5.18. The number of amides is 2. The van der Waals surface area contributed by atoms with E-state index in [1.54, 1.807) is 7.11 Å². The largest absolute Gasteiger partial charge is 0.497 e. The molecule has 3 unspecified atom stereocenters. The molecule has 0 spiro atoms. The SMILES string of the molecule is COc1ccc(CNC(=O)CCC2CNC(=O)C3C(CCN3Cc3ccc(N(C)C)cc3)N2C)cc1. The Morgan fingerprint density at radius 3 is 2.47 bits per heavy atom. The number of nitrogens with one attached hydrogen (secondary N) is 2. The van der Waals surface area contributed by atoms with E-state index in [0.29, 0.717) is 25.9 Å². The quantitative estimate of drug-likeness (QED) is 0.558. The van der Waals surface area contributed by atoms with Crippen LogP contribution in [-0.2, 0) is 22.7 Å². The van der Waals surface area contributed by atoms with Gasteiger partial charge in [0.25, 0.3) is 0 Å². The van der Waals surface area contributed by atoms with Crippen LogP contribution in [0.4, 0.5) is 5.69 Å². The predicted molar refractivity (Wildman–Crippen MR) is 142 cm³/mol. The maximum absolute atomic E-state index is 13.1. The van der Waals surface area contributed by atoms with Crippen molar-refractivity contribution >= 4 is 17.5 Å². The Balaban J connectivity index is 1.30. The minimum Gasteiger partial charge on any atom is -0.497 e. The summed E-state index contributed by atoms with van der Waals surface area (Å²) in [5.41, 5.74) is 3.42. The normalized spacial score (nSPS) is 22.4. The first-order valence-electron chi connectivity index (χ1n) is 12.8. The molecule has 194 valence electrons. The summed E-state index contributed by atoms with van der Waals surface area (Å²) in [5.74, 6) is 0.927. The Morgan fingerprint density at radius 2 is 1.81 bits per heavy atom. The van der Waals surface area contributed by atoms with Crippen molar-refractivity contribution in [3.63, 3.8) is 0 Å². The molecule has 8 nitrogen and oxygen atoms in total. The van der Waals surface area contributed by atoms with Crippen molar-refractivity contribution in [3.05, 3.63) is 59.7 Å². The van der Waals surface area contributed by atoms with Crippen LogP contribution in [0.25, 0.3) is 0 Å². The third-order valence-corrected chi connectivity index (χ3v) is 7.54. The van der Waals surface area contributed by atoms with Gasteiger partial charge in [-0.05, 0) is 55.3 Å². The van der Waals surface area contributed by atoms with Gasteiger partial charge in [-0.25, -0.2) is 0 Å². The number of anilines is 1. The summed E-state index contributed by atoms with van der Waals surface area (Å²) >= 11 is 0. The lowest BCUT2D eigenvalue weighted by Crippen LogP contribution is -2.49. The standard InChI is InChI=1S/C28H39N5O3/c1-31(2)22-9-5-21(6-10-22)19-33-16-15-25-27(33)28(35)30-18-23(32(25)3)11-14-26(34)29-17-20-7-12-24(36-4)13-8-20/h5-10,12-13,23,25,27H,11,14-19H2,1-4H3,(H,29,34)(H,30,35). The zero-order chi connectivity index (χ0) is 25.7. The molecule has 4 rings (SSSR count). The van der Waals surface area contributed by atoms with Crippen molar-refractivity contribution in [2.75, 3.05) is 46.2 Å². The topological polar surface area (TPSA) is 77.1 Å². The van der Waals surface area contributed by atoms with E-state index in [4.69, 9.17) is 4.74 Å². The van der Waals surface area contributed by atoms with E-state index < -0.39 is 0 Å². The Kier molecular flexibility index (Phi) is 8.48. The molecule has 0 radical (unpaired) electrons. The van der Waals surface area contributed by atoms with Crippen molar-refractivity contribution in [3.8, 4) is 5.75 Å². The van der Waals surface area contributed by atoms with E-state index in [0.717, 1.165) is 30.8 Å². The first kappa shape index (κ1) is 26.0. The number of nitrogens with zero attached hydrogens (tertiary/aromatic N) is 3. The molecule has 2 heterocycles. The fraction of sp³-hybridized carbons (Fsp3) is 0.500. The van der Waals surface area contributed by atoms with Gasteiger partial charge < -0.3 is 20.3 Å². The van der Waals surface area contributed by atoms with Gasteiger partial charge in [-0.1, -0.05) is 24.3 Å². The predicted octanol–water partition coefficient (Wildman–Crippen LogP) is 2.23. The van der Waals surface area contributed by atoms with Gasteiger partial charge in [-0.3, -0.25) is 19.4 Å². The highest BCUT2D eigenvalue weighted by Crippen LogP contribution is 2.29. The lowest BCUT2D eigenvalue weighted by atomic mass is 10.0. The number of likely N-dealkylation sites (N-methyl/N-ethyl adjacent to an activating group) is 1. The summed E-state index contributed by atoms with van der Waals surface area (Å²) in [6.07, 6.45) is 2.09. The maximum atomic E-state index is 13.1. The fourth-order valence-corrected chi connectivity index (χ4v) is 5.29. The van der Waals surface area contributed by atoms with E-state index in [-0.39, 0.29) is 29.9 Å². The van der Waals surface area contributed by atoms with E-state index in [1.165, 1.54) is 11.3 Å². The number of rotatable bonds is 9. The zero-order valence-corrected chi connectivity index (χ0v) is 21.9. The van der Waals surface area contributed by atoms with Crippen LogP contribution in [0, 0.1) is 0 Å². The molecule has 2 N–H and O–H groups in total. The second kappa shape index (κ2) is 11.8. The number of methoxy groups -OCH3 is 1. The van der Waals surface area contributed by atoms with Crippen LogP contribution in [0.1, 0.15) is 30.4 Å². The molecule has 2 aromatic carbocycles.